The summed E-state index contributed by atoms with van der Waals surface area (Å²) in [5.74, 6) is 0.701. The maximum absolute atomic E-state index is 12.0. The lowest BCUT2D eigenvalue weighted by Gasteiger charge is -2.36. The second kappa shape index (κ2) is 7.16. The zero-order valence-electron chi connectivity index (χ0n) is 15.2. The Morgan fingerprint density at radius 3 is 2.32 bits per heavy atom. The fourth-order valence-corrected chi connectivity index (χ4v) is 3.10. The van der Waals surface area contributed by atoms with E-state index >= 15 is 0 Å². The van der Waals surface area contributed by atoms with Crippen LogP contribution < -0.4 is 9.47 Å². The van der Waals surface area contributed by atoms with E-state index in [1.807, 2.05) is 20.8 Å². The van der Waals surface area contributed by atoms with Gasteiger partial charge in [0, 0.05) is 12.0 Å². The van der Waals surface area contributed by atoms with E-state index in [1.165, 1.54) is 6.92 Å². The molecule has 2 rings (SSSR count). The average Bonchev–Trinajstić information content (AvgIpc) is 2.54. The summed E-state index contributed by atoms with van der Waals surface area (Å²) in [7, 11) is 0. The van der Waals surface area contributed by atoms with Gasteiger partial charge < -0.3 is 9.47 Å². The van der Waals surface area contributed by atoms with Gasteiger partial charge in [-0.3, -0.25) is 14.4 Å². The molecule has 1 unspecified atom stereocenters. The first-order chi connectivity index (χ1) is 11.6. The molecule has 0 saturated carbocycles. The number of ether oxygens (including phenoxy) is 2. The molecule has 1 aromatic carbocycles. The van der Waals surface area contributed by atoms with Crippen molar-refractivity contribution < 1.29 is 23.9 Å². The third-order valence-corrected chi connectivity index (χ3v) is 5.17. The topological polar surface area (TPSA) is 69.7 Å². The molecule has 0 aliphatic carbocycles. The Morgan fingerprint density at radius 1 is 1.12 bits per heavy atom. The van der Waals surface area contributed by atoms with Gasteiger partial charge in [-0.05, 0) is 75.8 Å². The summed E-state index contributed by atoms with van der Waals surface area (Å²) in [6.45, 7) is 8.95. The monoisotopic (exact) mass is 366 g/mol. The van der Waals surface area contributed by atoms with Crippen molar-refractivity contribution in [1.29, 1.82) is 0 Å². The number of fused-ring (bicyclic) bond motifs is 1. The molecular formula is C19H23ClO5. The highest BCUT2D eigenvalue weighted by Gasteiger charge is 2.38. The van der Waals surface area contributed by atoms with Gasteiger partial charge in [-0.2, -0.15) is 0 Å². The lowest BCUT2D eigenvalue weighted by molar-refractivity contribution is -0.135. The van der Waals surface area contributed by atoms with Crippen LogP contribution in [0.25, 0.3) is 0 Å². The number of carbonyl (C=O) groups excluding carboxylic acids is 3. The standard InChI is InChI=1S/C19H23ClO5/c1-10-11(2)18-14(8-9-19(5,25-18)13(4)21)12(3)17(10)24-16(23)7-6-15(20)22/h6-9H2,1-5H3. The largest absolute Gasteiger partial charge is 0.479 e. The van der Waals surface area contributed by atoms with Gasteiger partial charge in [0.15, 0.2) is 11.4 Å². The Labute approximate surface area is 152 Å². The average molecular weight is 367 g/mol. The molecule has 0 N–H and O–H groups in total. The highest BCUT2D eigenvalue weighted by atomic mass is 35.5. The zero-order valence-corrected chi connectivity index (χ0v) is 16.0. The minimum absolute atomic E-state index is 0.00546. The number of rotatable bonds is 5. The minimum Gasteiger partial charge on any atom is -0.479 e. The molecule has 0 amide bonds. The summed E-state index contributed by atoms with van der Waals surface area (Å²) in [5.41, 5.74) is 2.60. The van der Waals surface area contributed by atoms with Crippen LogP contribution in [0.1, 0.15) is 55.4 Å². The van der Waals surface area contributed by atoms with Gasteiger partial charge >= 0.3 is 5.97 Å². The highest BCUT2D eigenvalue weighted by molar-refractivity contribution is 6.63. The first kappa shape index (κ1) is 19.4. The first-order valence-corrected chi connectivity index (χ1v) is 8.66. The highest BCUT2D eigenvalue weighted by Crippen LogP contribution is 2.44. The predicted molar refractivity (Wildman–Crippen MR) is 94.4 cm³/mol. The molecule has 0 spiro atoms. The van der Waals surface area contributed by atoms with Crippen LogP contribution in [0.2, 0.25) is 0 Å². The molecule has 5 nitrogen and oxygen atoms in total. The number of ketones is 1. The second-order valence-corrected chi connectivity index (χ2v) is 7.15. The van der Waals surface area contributed by atoms with Gasteiger partial charge in [-0.15, -0.1) is 0 Å². The number of esters is 1. The molecule has 0 saturated heterocycles. The smallest absolute Gasteiger partial charge is 0.311 e. The molecule has 136 valence electrons. The van der Waals surface area contributed by atoms with Gasteiger partial charge in [0.05, 0.1) is 6.42 Å². The van der Waals surface area contributed by atoms with Crippen molar-refractivity contribution in [2.24, 2.45) is 0 Å². The quantitative estimate of drug-likeness (QED) is 0.451. The molecule has 1 aliphatic rings. The number of halogens is 1. The van der Waals surface area contributed by atoms with Crippen molar-refractivity contribution in [1.82, 2.24) is 0 Å². The summed E-state index contributed by atoms with van der Waals surface area (Å²) in [5, 5.41) is -0.566. The van der Waals surface area contributed by atoms with Gasteiger partial charge in [-0.25, -0.2) is 0 Å². The van der Waals surface area contributed by atoms with E-state index in [2.05, 4.69) is 0 Å². The Hall–Kier alpha value is -1.88. The van der Waals surface area contributed by atoms with Gasteiger partial charge in [-0.1, -0.05) is 0 Å². The summed E-state index contributed by atoms with van der Waals surface area (Å²) in [4.78, 5) is 34.7. The number of benzene rings is 1. The Balaban J connectivity index is 2.38. The maximum atomic E-state index is 12.0. The number of carbonyl (C=O) groups is 3. The van der Waals surface area contributed by atoms with Gasteiger partial charge in [0.2, 0.25) is 5.24 Å². The van der Waals surface area contributed by atoms with Crippen molar-refractivity contribution in [2.45, 2.75) is 65.9 Å². The lowest BCUT2D eigenvalue weighted by Crippen LogP contribution is -2.43. The lowest BCUT2D eigenvalue weighted by atomic mass is 9.85. The van der Waals surface area contributed by atoms with Crippen molar-refractivity contribution in [2.75, 3.05) is 0 Å². The third kappa shape index (κ3) is 3.87. The van der Waals surface area contributed by atoms with Crippen LogP contribution in [0.4, 0.5) is 0 Å². The van der Waals surface area contributed by atoms with Crippen LogP contribution in [0, 0.1) is 20.8 Å². The van der Waals surface area contributed by atoms with E-state index in [-0.39, 0.29) is 18.6 Å². The molecule has 0 fully saturated rings. The number of hydrogen-bond acceptors (Lipinski definition) is 5. The molecule has 25 heavy (non-hydrogen) atoms. The van der Waals surface area contributed by atoms with Gasteiger partial charge in [0.25, 0.3) is 0 Å². The predicted octanol–water partition coefficient (Wildman–Crippen LogP) is 3.74. The SMILES string of the molecule is CC(=O)C1(C)CCc2c(C)c(OC(=O)CCC(=O)Cl)c(C)c(C)c2O1. The number of hydrogen-bond donors (Lipinski definition) is 0. The van der Waals surface area contributed by atoms with E-state index in [0.717, 1.165) is 22.3 Å². The molecule has 1 heterocycles. The fraction of sp³-hybridized carbons (Fsp3) is 0.526. The Kier molecular flexibility index (Phi) is 5.57. The molecule has 0 radical (unpaired) electrons. The van der Waals surface area contributed by atoms with Crippen molar-refractivity contribution in [3.05, 3.63) is 22.3 Å². The van der Waals surface area contributed by atoms with E-state index in [9.17, 15) is 14.4 Å². The third-order valence-electron chi connectivity index (χ3n) is 4.98. The Morgan fingerprint density at radius 2 is 1.76 bits per heavy atom. The van der Waals surface area contributed by atoms with E-state index in [4.69, 9.17) is 21.1 Å². The molecule has 1 aromatic rings. The molecule has 1 aliphatic heterocycles. The van der Waals surface area contributed by atoms with E-state index < -0.39 is 16.8 Å². The summed E-state index contributed by atoms with van der Waals surface area (Å²) < 4.78 is 11.6. The number of Topliss-reactive ketones (excluding diaryl/α,β-unsaturated/α-hetero) is 1. The van der Waals surface area contributed by atoms with Crippen molar-refractivity contribution in [3.63, 3.8) is 0 Å². The van der Waals surface area contributed by atoms with Gasteiger partial charge in [0.1, 0.15) is 11.5 Å². The van der Waals surface area contributed by atoms with Crippen LogP contribution >= 0.6 is 11.6 Å². The van der Waals surface area contributed by atoms with E-state index in [1.54, 1.807) is 6.92 Å². The van der Waals surface area contributed by atoms with Crippen LogP contribution in [0.3, 0.4) is 0 Å². The summed E-state index contributed by atoms with van der Waals surface area (Å²) in [6.07, 6.45) is 1.13. The maximum Gasteiger partial charge on any atom is 0.311 e. The first-order valence-electron chi connectivity index (χ1n) is 8.28. The fourth-order valence-electron chi connectivity index (χ4n) is 3.00. The van der Waals surface area contributed by atoms with Crippen LogP contribution in [-0.2, 0) is 20.8 Å². The van der Waals surface area contributed by atoms with Crippen molar-refractivity contribution >= 4 is 28.6 Å². The van der Waals surface area contributed by atoms with Crippen LogP contribution in [0.15, 0.2) is 0 Å². The molecule has 0 aromatic heterocycles. The normalized spacial score (nSPS) is 19.0. The molecule has 1 atom stereocenters. The van der Waals surface area contributed by atoms with Crippen LogP contribution in [0.5, 0.6) is 11.5 Å². The van der Waals surface area contributed by atoms with Crippen molar-refractivity contribution in [3.8, 4) is 11.5 Å². The van der Waals surface area contributed by atoms with Crippen LogP contribution in [-0.4, -0.2) is 22.6 Å². The Bertz CT molecular complexity index is 753. The molecular weight excluding hydrogens is 344 g/mol. The van der Waals surface area contributed by atoms with E-state index in [0.29, 0.717) is 24.3 Å². The minimum atomic E-state index is -0.824. The molecule has 6 heteroatoms. The second-order valence-electron chi connectivity index (χ2n) is 6.73. The molecule has 0 bridgehead atoms. The summed E-state index contributed by atoms with van der Waals surface area (Å²) in [6, 6.07) is 0. The zero-order chi connectivity index (χ0) is 18.9. The summed E-state index contributed by atoms with van der Waals surface area (Å²) >= 11 is 5.27.